The van der Waals surface area contributed by atoms with Crippen molar-refractivity contribution >= 4 is 11.8 Å². The van der Waals surface area contributed by atoms with Crippen molar-refractivity contribution in [2.45, 2.75) is 71.6 Å². The summed E-state index contributed by atoms with van der Waals surface area (Å²) in [7, 11) is 0. The first-order valence-corrected chi connectivity index (χ1v) is 11.0. The summed E-state index contributed by atoms with van der Waals surface area (Å²) in [5.74, 6) is 1.34. The third-order valence-electron chi connectivity index (χ3n) is 6.83. The summed E-state index contributed by atoms with van der Waals surface area (Å²) in [5.41, 5.74) is 2.05. The Morgan fingerprint density at radius 3 is 2.79 bits per heavy atom. The van der Waals surface area contributed by atoms with Crippen molar-refractivity contribution in [3.05, 3.63) is 17.0 Å². The summed E-state index contributed by atoms with van der Waals surface area (Å²) in [6, 6.07) is 0. The van der Waals surface area contributed by atoms with Gasteiger partial charge in [0.1, 0.15) is 0 Å². The van der Waals surface area contributed by atoms with E-state index in [4.69, 9.17) is 4.52 Å². The van der Waals surface area contributed by atoms with Gasteiger partial charge < -0.3 is 14.3 Å². The van der Waals surface area contributed by atoms with Gasteiger partial charge in [0.25, 0.3) is 5.91 Å². The van der Waals surface area contributed by atoms with Crippen LogP contribution in [0.3, 0.4) is 0 Å². The number of carbonyl (C=O) groups excluding carboxylic acids is 2. The summed E-state index contributed by atoms with van der Waals surface area (Å²) in [6.07, 6.45) is 8.67. The van der Waals surface area contributed by atoms with Crippen molar-refractivity contribution < 1.29 is 14.1 Å². The summed E-state index contributed by atoms with van der Waals surface area (Å²) in [6.45, 7) is 7.52. The predicted molar refractivity (Wildman–Crippen MR) is 106 cm³/mol. The molecular formula is C22H33N3O3. The summed E-state index contributed by atoms with van der Waals surface area (Å²) in [5, 5.41) is 4.16. The van der Waals surface area contributed by atoms with Crippen molar-refractivity contribution in [1.82, 2.24) is 15.0 Å². The molecule has 2 fully saturated rings. The van der Waals surface area contributed by atoms with Gasteiger partial charge in [-0.3, -0.25) is 9.59 Å². The fourth-order valence-corrected chi connectivity index (χ4v) is 5.14. The van der Waals surface area contributed by atoms with E-state index in [1.165, 1.54) is 0 Å². The van der Waals surface area contributed by atoms with E-state index in [-0.39, 0.29) is 17.2 Å². The Morgan fingerprint density at radius 2 is 1.96 bits per heavy atom. The zero-order valence-corrected chi connectivity index (χ0v) is 17.3. The molecular weight excluding hydrogens is 354 g/mol. The van der Waals surface area contributed by atoms with Gasteiger partial charge in [-0.1, -0.05) is 19.0 Å². The zero-order chi connectivity index (χ0) is 19.7. The van der Waals surface area contributed by atoms with Crippen LogP contribution in [-0.2, 0) is 17.6 Å². The van der Waals surface area contributed by atoms with Crippen molar-refractivity contribution in [2.24, 2.45) is 11.3 Å². The topological polar surface area (TPSA) is 66.7 Å². The molecule has 154 valence electrons. The molecule has 1 atom stereocenters. The minimum atomic E-state index is 0.000329. The lowest BCUT2D eigenvalue weighted by Gasteiger charge is -2.48. The second-order valence-corrected chi connectivity index (χ2v) is 9.47. The molecule has 6 nitrogen and oxygen atoms in total. The van der Waals surface area contributed by atoms with Gasteiger partial charge in [-0.05, 0) is 57.3 Å². The van der Waals surface area contributed by atoms with E-state index in [0.717, 1.165) is 88.8 Å². The van der Waals surface area contributed by atoms with Gasteiger partial charge in [0, 0.05) is 43.6 Å². The Morgan fingerprint density at radius 1 is 1.14 bits per heavy atom. The SMILES string of the molecule is CC(C)CCN1CC2(CCCN(C(=O)c3onc4c3CCCC4)C2)CCC1=O. The minimum absolute atomic E-state index is 0.000329. The molecule has 1 aromatic heterocycles. The third-order valence-corrected chi connectivity index (χ3v) is 6.83. The molecule has 0 bridgehead atoms. The fourth-order valence-electron chi connectivity index (χ4n) is 5.14. The van der Waals surface area contributed by atoms with Crippen molar-refractivity contribution in [3.63, 3.8) is 0 Å². The second-order valence-electron chi connectivity index (χ2n) is 9.47. The monoisotopic (exact) mass is 387 g/mol. The maximum Gasteiger partial charge on any atom is 0.292 e. The molecule has 0 aromatic carbocycles. The predicted octanol–water partition coefficient (Wildman–Crippen LogP) is 3.44. The quantitative estimate of drug-likeness (QED) is 0.794. The van der Waals surface area contributed by atoms with Crippen LogP contribution >= 0.6 is 0 Å². The number of likely N-dealkylation sites (tertiary alicyclic amines) is 2. The van der Waals surface area contributed by atoms with Crippen LogP contribution in [0.25, 0.3) is 0 Å². The molecule has 1 unspecified atom stereocenters. The number of carbonyl (C=O) groups is 2. The second kappa shape index (κ2) is 7.88. The third kappa shape index (κ3) is 3.83. The molecule has 1 aromatic rings. The van der Waals surface area contributed by atoms with Crippen molar-refractivity contribution in [3.8, 4) is 0 Å². The molecule has 0 saturated carbocycles. The normalized spacial score (nSPS) is 25.5. The Labute approximate surface area is 167 Å². The standard InChI is InChI=1S/C22H33N3O3/c1-16(2)9-13-24-14-22(11-8-19(24)26)10-5-12-25(15-22)21(27)20-17-6-3-4-7-18(17)23-28-20/h16H,3-15H2,1-2H3. The highest BCUT2D eigenvalue weighted by Gasteiger charge is 2.43. The van der Waals surface area contributed by atoms with E-state index >= 15 is 0 Å². The summed E-state index contributed by atoms with van der Waals surface area (Å²) >= 11 is 0. The first kappa shape index (κ1) is 19.5. The van der Waals surface area contributed by atoms with E-state index in [1.807, 2.05) is 9.80 Å². The molecule has 4 rings (SSSR count). The average Bonchev–Trinajstić information content (AvgIpc) is 3.12. The highest BCUT2D eigenvalue weighted by atomic mass is 16.5. The first-order valence-electron chi connectivity index (χ1n) is 11.0. The van der Waals surface area contributed by atoms with Gasteiger partial charge in [-0.2, -0.15) is 0 Å². The first-order chi connectivity index (χ1) is 13.5. The van der Waals surface area contributed by atoms with E-state index < -0.39 is 0 Å². The van der Waals surface area contributed by atoms with E-state index in [9.17, 15) is 9.59 Å². The van der Waals surface area contributed by atoms with Crippen LogP contribution < -0.4 is 0 Å². The van der Waals surface area contributed by atoms with Crippen LogP contribution in [0.4, 0.5) is 0 Å². The van der Waals surface area contributed by atoms with Crippen LogP contribution in [0, 0.1) is 11.3 Å². The molecule has 28 heavy (non-hydrogen) atoms. The van der Waals surface area contributed by atoms with Crippen molar-refractivity contribution in [2.75, 3.05) is 26.2 Å². The smallest absolute Gasteiger partial charge is 0.292 e. The van der Waals surface area contributed by atoms with E-state index in [0.29, 0.717) is 18.1 Å². The number of hydrogen-bond acceptors (Lipinski definition) is 4. The lowest BCUT2D eigenvalue weighted by atomic mass is 9.73. The maximum atomic E-state index is 13.2. The molecule has 2 aliphatic heterocycles. The molecule has 3 aliphatic rings. The number of nitrogens with zero attached hydrogens (tertiary/aromatic N) is 3. The van der Waals surface area contributed by atoms with Crippen LogP contribution in [-0.4, -0.2) is 52.9 Å². The van der Waals surface area contributed by atoms with Gasteiger partial charge in [0.05, 0.1) is 5.69 Å². The molecule has 1 aliphatic carbocycles. The van der Waals surface area contributed by atoms with Crippen LogP contribution in [0.15, 0.2) is 4.52 Å². The minimum Gasteiger partial charge on any atom is -0.350 e. The number of piperidine rings is 2. The highest BCUT2D eigenvalue weighted by molar-refractivity contribution is 5.93. The number of hydrogen-bond donors (Lipinski definition) is 0. The fraction of sp³-hybridized carbons (Fsp3) is 0.773. The number of fused-ring (bicyclic) bond motifs is 1. The van der Waals surface area contributed by atoms with Crippen LogP contribution in [0.5, 0.6) is 0 Å². The molecule has 0 radical (unpaired) electrons. The molecule has 1 spiro atoms. The highest BCUT2D eigenvalue weighted by Crippen LogP contribution is 2.39. The van der Waals surface area contributed by atoms with Crippen molar-refractivity contribution in [1.29, 1.82) is 0 Å². The maximum absolute atomic E-state index is 13.2. The largest absolute Gasteiger partial charge is 0.350 e. The van der Waals surface area contributed by atoms with Gasteiger partial charge in [0.2, 0.25) is 11.7 Å². The van der Waals surface area contributed by atoms with Crippen LogP contribution in [0.1, 0.15) is 80.6 Å². The Hall–Kier alpha value is -1.85. The van der Waals surface area contributed by atoms with Gasteiger partial charge in [-0.15, -0.1) is 0 Å². The Kier molecular flexibility index (Phi) is 5.48. The van der Waals surface area contributed by atoms with E-state index in [1.54, 1.807) is 0 Å². The zero-order valence-electron chi connectivity index (χ0n) is 17.3. The number of rotatable bonds is 4. The number of amides is 2. The Bertz CT molecular complexity index is 741. The number of aryl methyl sites for hydroxylation is 1. The lowest BCUT2D eigenvalue weighted by molar-refractivity contribution is -0.139. The van der Waals surface area contributed by atoms with Gasteiger partial charge >= 0.3 is 0 Å². The molecule has 3 heterocycles. The summed E-state index contributed by atoms with van der Waals surface area (Å²) < 4.78 is 5.51. The molecule has 0 N–H and O–H groups in total. The number of aromatic nitrogens is 1. The van der Waals surface area contributed by atoms with Crippen LogP contribution in [0.2, 0.25) is 0 Å². The molecule has 2 amide bonds. The molecule has 2 saturated heterocycles. The Balaban J connectivity index is 1.47. The van der Waals surface area contributed by atoms with Gasteiger partial charge in [-0.25, -0.2) is 0 Å². The summed E-state index contributed by atoms with van der Waals surface area (Å²) in [4.78, 5) is 29.7. The van der Waals surface area contributed by atoms with Gasteiger partial charge in [0.15, 0.2) is 0 Å². The molecule has 6 heteroatoms. The van der Waals surface area contributed by atoms with E-state index in [2.05, 4.69) is 19.0 Å². The average molecular weight is 388 g/mol. The lowest BCUT2D eigenvalue weighted by Crippen LogP contribution is -2.55.